The molecule has 0 unspecified atom stereocenters. The van der Waals surface area contributed by atoms with Crippen LogP contribution in [-0.2, 0) is 0 Å². The van der Waals surface area contributed by atoms with Crippen LogP contribution in [0.1, 0.15) is 10.4 Å². The van der Waals surface area contributed by atoms with E-state index in [0.29, 0.717) is 10.7 Å². The van der Waals surface area contributed by atoms with Gasteiger partial charge in [0.25, 0.3) is 5.91 Å². The molecule has 0 aliphatic carbocycles. The molecule has 7 heteroatoms. The van der Waals surface area contributed by atoms with E-state index in [2.05, 4.69) is 15.3 Å². The molecule has 1 amide bonds. The molecule has 0 radical (unpaired) electrons. The van der Waals surface area contributed by atoms with Gasteiger partial charge in [-0.15, -0.1) is 11.3 Å². The molecule has 2 heterocycles. The first-order valence-corrected chi connectivity index (χ1v) is 8.49. The van der Waals surface area contributed by atoms with E-state index in [0.717, 1.165) is 22.8 Å². The molecule has 1 N–H and O–H groups in total. The molecular formula is C18H18N4O2S. The highest BCUT2D eigenvalue weighted by Crippen LogP contribution is 2.26. The quantitative estimate of drug-likeness (QED) is 0.759. The number of hydrogen-bond acceptors (Lipinski definition) is 6. The number of nitrogens with one attached hydrogen (secondary N) is 1. The number of pyridine rings is 1. The largest absolute Gasteiger partial charge is 0.497 e. The Hall–Kier alpha value is -2.93. The number of ether oxygens (including phenoxy) is 1. The van der Waals surface area contributed by atoms with Gasteiger partial charge in [0.15, 0.2) is 5.13 Å². The van der Waals surface area contributed by atoms with Gasteiger partial charge in [0, 0.05) is 36.8 Å². The van der Waals surface area contributed by atoms with Crippen LogP contribution in [0.25, 0.3) is 11.3 Å². The Kier molecular flexibility index (Phi) is 4.95. The fraction of sp³-hybridized carbons (Fsp3) is 0.167. The first-order chi connectivity index (χ1) is 12.1. The maximum absolute atomic E-state index is 12.4. The highest BCUT2D eigenvalue weighted by molar-refractivity contribution is 7.14. The van der Waals surface area contributed by atoms with Gasteiger partial charge < -0.3 is 9.64 Å². The van der Waals surface area contributed by atoms with Crippen LogP contribution >= 0.6 is 11.3 Å². The second-order valence-corrected chi connectivity index (χ2v) is 6.38. The molecule has 0 spiro atoms. The second-order valence-electron chi connectivity index (χ2n) is 5.52. The molecule has 3 aromatic rings. The number of amides is 1. The molecule has 1 aromatic carbocycles. The Morgan fingerprint density at radius 1 is 1.20 bits per heavy atom. The number of methoxy groups -OCH3 is 1. The van der Waals surface area contributed by atoms with Gasteiger partial charge in [-0.25, -0.2) is 9.97 Å². The summed E-state index contributed by atoms with van der Waals surface area (Å²) in [5.74, 6) is 1.31. The molecular weight excluding hydrogens is 336 g/mol. The van der Waals surface area contributed by atoms with Crippen molar-refractivity contribution in [2.45, 2.75) is 0 Å². The van der Waals surface area contributed by atoms with Gasteiger partial charge >= 0.3 is 0 Å². The summed E-state index contributed by atoms with van der Waals surface area (Å²) < 4.78 is 5.15. The molecule has 6 nitrogen and oxygen atoms in total. The average molecular weight is 354 g/mol. The fourth-order valence-electron chi connectivity index (χ4n) is 2.20. The predicted molar refractivity (Wildman–Crippen MR) is 101 cm³/mol. The highest BCUT2D eigenvalue weighted by Gasteiger charge is 2.11. The second kappa shape index (κ2) is 7.31. The molecule has 0 bridgehead atoms. The molecule has 0 atom stereocenters. The lowest BCUT2D eigenvalue weighted by Crippen LogP contribution is -2.15. The van der Waals surface area contributed by atoms with Crippen molar-refractivity contribution >= 4 is 28.2 Å². The Balaban J connectivity index is 1.74. The topological polar surface area (TPSA) is 67.3 Å². The third-order valence-electron chi connectivity index (χ3n) is 3.58. The number of hydrogen-bond donors (Lipinski definition) is 1. The first kappa shape index (κ1) is 16.9. The Bertz CT molecular complexity index is 875. The van der Waals surface area contributed by atoms with E-state index in [9.17, 15) is 4.79 Å². The maximum Gasteiger partial charge on any atom is 0.257 e. The Morgan fingerprint density at radius 3 is 2.64 bits per heavy atom. The van der Waals surface area contributed by atoms with Crippen molar-refractivity contribution in [2.24, 2.45) is 0 Å². The molecule has 2 aromatic heterocycles. The van der Waals surface area contributed by atoms with Gasteiger partial charge in [0.05, 0.1) is 12.8 Å². The van der Waals surface area contributed by atoms with Crippen molar-refractivity contribution in [1.29, 1.82) is 0 Å². The number of anilines is 2. The van der Waals surface area contributed by atoms with E-state index in [1.165, 1.54) is 11.3 Å². The number of thiazole rings is 1. The number of carbonyl (C=O) groups excluding carboxylic acids is 1. The fourth-order valence-corrected chi connectivity index (χ4v) is 2.91. The molecule has 3 rings (SSSR count). The van der Waals surface area contributed by atoms with E-state index in [1.54, 1.807) is 25.4 Å². The molecule has 0 aliphatic heterocycles. The van der Waals surface area contributed by atoms with Crippen LogP contribution in [0.15, 0.2) is 48.0 Å². The summed E-state index contributed by atoms with van der Waals surface area (Å²) in [7, 11) is 5.39. The predicted octanol–water partition coefficient (Wildman–Crippen LogP) is 3.53. The zero-order chi connectivity index (χ0) is 17.8. The van der Waals surface area contributed by atoms with Crippen molar-refractivity contribution in [3.63, 3.8) is 0 Å². The summed E-state index contributed by atoms with van der Waals surface area (Å²) in [6.45, 7) is 0. The van der Waals surface area contributed by atoms with E-state index in [1.807, 2.05) is 48.6 Å². The van der Waals surface area contributed by atoms with Crippen LogP contribution in [0.2, 0.25) is 0 Å². The summed E-state index contributed by atoms with van der Waals surface area (Å²) in [4.78, 5) is 22.9. The van der Waals surface area contributed by atoms with Crippen LogP contribution in [0, 0.1) is 0 Å². The van der Waals surface area contributed by atoms with Crippen LogP contribution in [0.3, 0.4) is 0 Å². The molecule has 0 aliphatic rings. The summed E-state index contributed by atoms with van der Waals surface area (Å²) in [5, 5.41) is 5.30. The zero-order valence-corrected chi connectivity index (χ0v) is 15.0. The molecule has 0 fully saturated rings. The molecule has 25 heavy (non-hydrogen) atoms. The summed E-state index contributed by atoms with van der Waals surface area (Å²) in [5.41, 5.74) is 2.32. The molecule has 0 saturated heterocycles. The van der Waals surface area contributed by atoms with Crippen molar-refractivity contribution < 1.29 is 9.53 Å². The Morgan fingerprint density at radius 2 is 1.96 bits per heavy atom. The van der Waals surface area contributed by atoms with Crippen LogP contribution in [0.4, 0.5) is 10.9 Å². The van der Waals surface area contributed by atoms with Gasteiger partial charge in [0.1, 0.15) is 11.6 Å². The maximum atomic E-state index is 12.4. The smallest absolute Gasteiger partial charge is 0.257 e. The van der Waals surface area contributed by atoms with Crippen LogP contribution in [-0.4, -0.2) is 37.1 Å². The van der Waals surface area contributed by atoms with Crippen molar-refractivity contribution in [3.8, 4) is 17.0 Å². The normalized spacial score (nSPS) is 10.4. The van der Waals surface area contributed by atoms with Gasteiger partial charge in [-0.3, -0.25) is 10.1 Å². The third-order valence-corrected chi connectivity index (χ3v) is 4.33. The minimum atomic E-state index is -0.207. The number of aromatic nitrogens is 2. The minimum absolute atomic E-state index is 0.207. The zero-order valence-electron chi connectivity index (χ0n) is 14.2. The number of carbonyl (C=O) groups is 1. The standard InChI is InChI=1S/C18H18N4O2S/c1-22(2)16-10-13(8-9-19-16)17(23)21-18-20-15(11-25-18)12-4-6-14(24-3)7-5-12/h4-11H,1-3H3,(H,20,21,23). The first-order valence-electron chi connectivity index (χ1n) is 7.61. The van der Waals surface area contributed by atoms with Gasteiger partial charge in [-0.05, 0) is 36.4 Å². The molecule has 128 valence electrons. The summed E-state index contributed by atoms with van der Waals surface area (Å²) >= 11 is 1.39. The highest BCUT2D eigenvalue weighted by atomic mass is 32.1. The van der Waals surface area contributed by atoms with Crippen molar-refractivity contribution in [2.75, 3.05) is 31.4 Å². The van der Waals surface area contributed by atoms with Crippen LogP contribution < -0.4 is 15.0 Å². The van der Waals surface area contributed by atoms with Gasteiger partial charge in [-0.2, -0.15) is 0 Å². The number of benzene rings is 1. The van der Waals surface area contributed by atoms with E-state index >= 15 is 0 Å². The van der Waals surface area contributed by atoms with E-state index in [-0.39, 0.29) is 5.91 Å². The number of rotatable bonds is 5. The minimum Gasteiger partial charge on any atom is -0.497 e. The van der Waals surface area contributed by atoms with Gasteiger partial charge in [-0.1, -0.05) is 0 Å². The van der Waals surface area contributed by atoms with Gasteiger partial charge in [0.2, 0.25) is 0 Å². The third kappa shape index (κ3) is 3.95. The SMILES string of the molecule is COc1ccc(-c2csc(NC(=O)c3ccnc(N(C)C)c3)n2)cc1. The summed E-state index contributed by atoms with van der Waals surface area (Å²) in [6.07, 6.45) is 1.62. The monoisotopic (exact) mass is 354 g/mol. The van der Waals surface area contributed by atoms with E-state index < -0.39 is 0 Å². The van der Waals surface area contributed by atoms with Crippen molar-refractivity contribution in [1.82, 2.24) is 9.97 Å². The average Bonchev–Trinajstić information content (AvgIpc) is 3.10. The Labute approximate surface area is 150 Å². The lowest BCUT2D eigenvalue weighted by atomic mass is 10.2. The number of nitrogens with zero attached hydrogens (tertiary/aromatic N) is 3. The molecule has 0 saturated carbocycles. The lowest BCUT2D eigenvalue weighted by Gasteiger charge is -2.11. The summed E-state index contributed by atoms with van der Waals surface area (Å²) in [6, 6.07) is 11.1. The van der Waals surface area contributed by atoms with Crippen molar-refractivity contribution in [3.05, 3.63) is 53.5 Å². The van der Waals surface area contributed by atoms with E-state index in [4.69, 9.17) is 4.74 Å². The van der Waals surface area contributed by atoms with Crippen LogP contribution in [0.5, 0.6) is 5.75 Å². The lowest BCUT2D eigenvalue weighted by molar-refractivity contribution is 0.102.